The van der Waals surface area contributed by atoms with Crippen molar-refractivity contribution >= 4 is 0 Å². The van der Waals surface area contributed by atoms with E-state index in [4.69, 9.17) is 4.74 Å². The summed E-state index contributed by atoms with van der Waals surface area (Å²) in [6.45, 7) is 1.73. The summed E-state index contributed by atoms with van der Waals surface area (Å²) < 4.78 is 4.99. The molecule has 0 saturated heterocycles. The Morgan fingerprint density at radius 1 is 1.45 bits per heavy atom. The van der Waals surface area contributed by atoms with Gasteiger partial charge in [-0.15, -0.1) is 0 Å². The first-order valence-electron chi connectivity index (χ1n) is 3.56. The molecule has 0 unspecified atom stereocenters. The third-order valence-electron chi connectivity index (χ3n) is 1.58. The van der Waals surface area contributed by atoms with Gasteiger partial charge in [0.05, 0.1) is 13.2 Å². The fourth-order valence-electron chi connectivity index (χ4n) is 0.901. The van der Waals surface area contributed by atoms with Crippen molar-refractivity contribution in [1.82, 2.24) is 0 Å². The third-order valence-corrected chi connectivity index (χ3v) is 1.58. The third kappa shape index (κ3) is 1.95. The van der Waals surface area contributed by atoms with Crippen LogP contribution in [0.15, 0.2) is 24.3 Å². The lowest BCUT2D eigenvalue weighted by Crippen LogP contribution is -1.91. The zero-order valence-electron chi connectivity index (χ0n) is 6.74. The number of hydrogen-bond acceptors (Lipinski definition) is 2. The zero-order chi connectivity index (χ0) is 8.27. The summed E-state index contributed by atoms with van der Waals surface area (Å²) in [5.74, 6) is 0.781. The van der Waals surface area contributed by atoms with Gasteiger partial charge in [0, 0.05) is 0 Å². The van der Waals surface area contributed by atoms with Crippen LogP contribution in [0.4, 0.5) is 0 Å². The molecule has 1 N–H and O–H groups in total. The van der Waals surface area contributed by atoms with E-state index < -0.39 is 6.10 Å². The number of aliphatic hydroxyl groups excluding tert-OH is 1. The van der Waals surface area contributed by atoms with Crippen LogP contribution in [0.3, 0.4) is 0 Å². The van der Waals surface area contributed by atoms with Gasteiger partial charge in [-0.2, -0.15) is 0 Å². The molecule has 0 radical (unpaired) electrons. The molecule has 0 amide bonds. The molecule has 0 aliphatic heterocycles. The van der Waals surface area contributed by atoms with Crippen molar-refractivity contribution < 1.29 is 9.84 Å². The normalized spacial score (nSPS) is 12.6. The summed E-state index contributed by atoms with van der Waals surface area (Å²) >= 11 is 0. The maximum Gasteiger partial charge on any atom is 0.119 e. The minimum atomic E-state index is -0.426. The van der Waals surface area contributed by atoms with Crippen LogP contribution in [0.2, 0.25) is 0 Å². The predicted octanol–water partition coefficient (Wildman–Crippen LogP) is 1.75. The van der Waals surface area contributed by atoms with Gasteiger partial charge in [-0.3, -0.25) is 0 Å². The molecule has 0 bridgehead atoms. The number of hydrogen-bond donors (Lipinski definition) is 1. The summed E-state index contributed by atoms with van der Waals surface area (Å²) in [7, 11) is 1.61. The van der Waals surface area contributed by atoms with E-state index in [-0.39, 0.29) is 0 Å². The van der Waals surface area contributed by atoms with Crippen LogP contribution >= 0.6 is 0 Å². The van der Waals surface area contributed by atoms with Gasteiger partial charge in [0.2, 0.25) is 0 Å². The first-order valence-corrected chi connectivity index (χ1v) is 3.56. The van der Waals surface area contributed by atoms with E-state index in [9.17, 15) is 5.11 Å². The molecule has 0 saturated carbocycles. The van der Waals surface area contributed by atoms with E-state index >= 15 is 0 Å². The second kappa shape index (κ2) is 3.39. The Kier molecular flexibility index (Phi) is 2.49. The minimum absolute atomic E-state index is 0.426. The number of methoxy groups -OCH3 is 1. The summed E-state index contributed by atoms with van der Waals surface area (Å²) in [6, 6.07) is 7.41. The van der Waals surface area contributed by atoms with Crippen LogP contribution in [-0.2, 0) is 0 Å². The molecule has 11 heavy (non-hydrogen) atoms. The van der Waals surface area contributed by atoms with Crippen LogP contribution in [0.1, 0.15) is 18.6 Å². The van der Waals surface area contributed by atoms with E-state index in [1.54, 1.807) is 14.0 Å². The SMILES string of the molecule is COc1cccc([C@H](C)O)c1. The van der Waals surface area contributed by atoms with Gasteiger partial charge in [-0.1, -0.05) is 12.1 Å². The summed E-state index contributed by atoms with van der Waals surface area (Å²) in [5.41, 5.74) is 0.879. The maximum absolute atomic E-state index is 9.19. The summed E-state index contributed by atoms with van der Waals surface area (Å²) in [5, 5.41) is 9.19. The molecular formula is C9H12O2. The monoisotopic (exact) mass is 152 g/mol. The average molecular weight is 152 g/mol. The van der Waals surface area contributed by atoms with E-state index in [0.717, 1.165) is 11.3 Å². The molecule has 1 rings (SSSR count). The largest absolute Gasteiger partial charge is 0.497 e. The number of benzene rings is 1. The molecule has 2 heteroatoms. The van der Waals surface area contributed by atoms with E-state index in [1.165, 1.54) is 0 Å². The van der Waals surface area contributed by atoms with Crippen molar-refractivity contribution in [3.05, 3.63) is 29.8 Å². The maximum atomic E-state index is 9.19. The van der Waals surface area contributed by atoms with Crippen LogP contribution in [-0.4, -0.2) is 12.2 Å². The van der Waals surface area contributed by atoms with Gasteiger partial charge < -0.3 is 9.84 Å². The number of rotatable bonds is 2. The highest BCUT2D eigenvalue weighted by Gasteiger charge is 2.00. The summed E-state index contributed by atoms with van der Waals surface area (Å²) in [4.78, 5) is 0. The van der Waals surface area contributed by atoms with Crippen LogP contribution in [0.5, 0.6) is 5.75 Å². The van der Waals surface area contributed by atoms with E-state index in [1.807, 2.05) is 24.3 Å². The van der Waals surface area contributed by atoms with Crippen molar-refractivity contribution in [2.75, 3.05) is 7.11 Å². The Labute approximate surface area is 66.4 Å². The topological polar surface area (TPSA) is 29.5 Å². The Morgan fingerprint density at radius 2 is 2.18 bits per heavy atom. The molecule has 0 aliphatic rings. The molecule has 0 heterocycles. The lowest BCUT2D eigenvalue weighted by atomic mass is 10.1. The van der Waals surface area contributed by atoms with Gasteiger partial charge in [-0.25, -0.2) is 0 Å². The Bertz CT molecular complexity index is 231. The molecule has 2 nitrogen and oxygen atoms in total. The van der Waals surface area contributed by atoms with Crippen molar-refractivity contribution in [3.63, 3.8) is 0 Å². The van der Waals surface area contributed by atoms with E-state index in [2.05, 4.69) is 0 Å². The van der Waals surface area contributed by atoms with Gasteiger partial charge in [0.1, 0.15) is 5.75 Å². The fraction of sp³-hybridized carbons (Fsp3) is 0.333. The van der Waals surface area contributed by atoms with Gasteiger partial charge in [0.15, 0.2) is 0 Å². The first-order chi connectivity index (χ1) is 5.24. The predicted molar refractivity (Wildman–Crippen MR) is 43.6 cm³/mol. The van der Waals surface area contributed by atoms with Crippen molar-refractivity contribution in [2.24, 2.45) is 0 Å². The highest BCUT2D eigenvalue weighted by Crippen LogP contribution is 2.17. The van der Waals surface area contributed by atoms with E-state index in [0.29, 0.717) is 0 Å². The minimum Gasteiger partial charge on any atom is -0.497 e. The number of ether oxygens (including phenoxy) is 1. The van der Waals surface area contributed by atoms with Crippen LogP contribution in [0.25, 0.3) is 0 Å². The highest BCUT2D eigenvalue weighted by atomic mass is 16.5. The van der Waals surface area contributed by atoms with Crippen molar-refractivity contribution in [1.29, 1.82) is 0 Å². The van der Waals surface area contributed by atoms with Gasteiger partial charge in [0.25, 0.3) is 0 Å². The standard InChI is InChI=1S/C9H12O2/c1-7(10)8-4-3-5-9(6-8)11-2/h3-7,10H,1-2H3/t7-/m0/s1. The summed E-state index contributed by atoms with van der Waals surface area (Å²) in [6.07, 6.45) is -0.426. The highest BCUT2D eigenvalue weighted by molar-refractivity contribution is 5.29. The molecule has 1 atom stereocenters. The molecule has 1 aromatic carbocycles. The second-order valence-corrected chi connectivity index (χ2v) is 2.45. The Hall–Kier alpha value is -1.02. The quantitative estimate of drug-likeness (QED) is 0.699. The molecule has 1 aromatic rings. The van der Waals surface area contributed by atoms with Gasteiger partial charge >= 0.3 is 0 Å². The van der Waals surface area contributed by atoms with Crippen molar-refractivity contribution in [3.8, 4) is 5.75 Å². The molecule has 60 valence electrons. The second-order valence-electron chi connectivity index (χ2n) is 2.45. The van der Waals surface area contributed by atoms with Crippen molar-refractivity contribution in [2.45, 2.75) is 13.0 Å². The smallest absolute Gasteiger partial charge is 0.119 e. The Morgan fingerprint density at radius 3 is 2.73 bits per heavy atom. The fourth-order valence-corrected chi connectivity index (χ4v) is 0.901. The number of aliphatic hydroxyl groups is 1. The van der Waals surface area contributed by atoms with Gasteiger partial charge in [-0.05, 0) is 24.6 Å². The first kappa shape index (κ1) is 8.08. The average Bonchev–Trinajstić information content (AvgIpc) is 2.05. The zero-order valence-corrected chi connectivity index (χ0v) is 6.74. The molecule has 0 aliphatic carbocycles. The molecular weight excluding hydrogens is 140 g/mol. The lowest BCUT2D eigenvalue weighted by molar-refractivity contribution is 0.199. The molecule has 0 aromatic heterocycles. The van der Waals surface area contributed by atoms with Crippen LogP contribution < -0.4 is 4.74 Å². The molecule has 0 spiro atoms. The molecule has 0 fully saturated rings. The van der Waals surface area contributed by atoms with Crippen LogP contribution in [0, 0.1) is 0 Å². The lowest BCUT2D eigenvalue weighted by Gasteiger charge is -2.05. The Balaban J connectivity index is 2.91.